The van der Waals surface area contributed by atoms with E-state index in [0.717, 1.165) is 6.07 Å². The zero-order valence-electron chi connectivity index (χ0n) is 13.7. The number of nitrogens with one attached hydrogen (secondary N) is 1. The molecule has 0 spiro atoms. The summed E-state index contributed by atoms with van der Waals surface area (Å²) in [6.07, 6.45) is 1.20. The predicted molar refractivity (Wildman–Crippen MR) is 95.6 cm³/mol. The van der Waals surface area contributed by atoms with E-state index in [9.17, 15) is 25.1 Å². The molecule has 1 amide bonds. The van der Waals surface area contributed by atoms with Crippen LogP contribution in [0.3, 0.4) is 0 Å². The zero-order chi connectivity index (χ0) is 19.4. The molecule has 136 valence electrons. The summed E-state index contributed by atoms with van der Waals surface area (Å²) in [6, 6.07) is 12.7. The van der Waals surface area contributed by atoms with Gasteiger partial charge in [-0.1, -0.05) is 12.1 Å². The lowest BCUT2D eigenvalue weighted by Crippen LogP contribution is -2.17. The molecule has 3 aromatic rings. The van der Waals surface area contributed by atoms with Gasteiger partial charge in [0.15, 0.2) is 0 Å². The van der Waals surface area contributed by atoms with Gasteiger partial charge < -0.3 is 14.6 Å². The monoisotopic (exact) mass is 367 g/mol. The number of furan rings is 1. The van der Waals surface area contributed by atoms with Crippen LogP contribution in [0.2, 0.25) is 0 Å². The van der Waals surface area contributed by atoms with E-state index >= 15 is 0 Å². The Morgan fingerprint density at radius 1 is 1.15 bits per heavy atom. The molecule has 1 heterocycles. The number of carbonyl (C=O) groups is 1. The minimum atomic E-state index is -0.731. The molecule has 3 N–H and O–H groups in total. The number of nitrogens with zero attached hydrogens (tertiary/aromatic N) is 2. The number of rotatable bonds is 5. The van der Waals surface area contributed by atoms with E-state index < -0.39 is 10.8 Å². The third kappa shape index (κ3) is 3.93. The molecule has 0 radical (unpaired) electrons. The number of amides is 1. The molecule has 0 aliphatic carbocycles. The standard InChI is InChI=1S/C18H13N3O6/c22-11-5-7-16(23)14(9-11)18(24)20-19-10-12-6-8-17(27-12)13-3-1-2-4-15(13)21(25)26/h1-10,22-23H,(H,20,24). The van der Waals surface area contributed by atoms with Gasteiger partial charge in [0.1, 0.15) is 23.0 Å². The van der Waals surface area contributed by atoms with Gasteiger partial charge in [0.25, 0.3) is 11.6 Å². The molecule has 0 aliphatic heterocycles. The van der Waals surface area contributed by atoms with Gasteiger partial charge in [0, 0.05) is 6.07 Å². The molecule has 9 nitrogen and oxygen atoms in total. The molecule has 27 heavy (non-hydrogen) atoms. The van der Waals surface area contributed by atoms with E-state index in [1.165, 1.54) is 30.5 Å². The molecule has 0 unspecified atom stereocenters. The molecule has 3 rings (SSSR count). The van der Waals surface area contributed by atoms with E-state index in [4.69, 9.17) is 4.42 Å². The largest absolute Gasteiger partial charge is 0.508 e. The zero-order valence-corrected chi connectivity index (χ0v) is 13.7. The number of hydrogen-bond donors (Lipinski definition) is 3. The second-order valence-corrected chi connectivity index (χ2v) is 5.38. The average Bonchev–Trinajstić information content (AvgIpc) is 3.12. The number of aromatic hydroxyl groups is 2. The fourth-order valence-corrected chi connectivity index (χ4v) is 2.33. The van der Waals surface area contributed by atoms with E-state index in [-0.39, 0.29) is 34.3 Å². The highest BCUT2D eigenvalue weighted by atomic mass is 16.6. The van der Waals surface area contributed by atoms with Crippen LogP contribution >= 0.6 is 0 Å². The molecule has 0 bridgehead atoms. The molecule has 1 aromatic heterocycles. The van der Waals surface area contributed by atoms with Crippen LogP contribution in [0.4, 0.5) is 5.69 Å². The van der Waals surface area contributed by atoms with Gasteiger partial charge in [0.2, 0.25) is 0 Å². The summed E-state index contributed by atoms with van der Waals surface area (Å²) in [4.78, 5) is 22.5. The number of phenols is 2. The van der Waals surface area contributed by atoms with Crippen molar-refractivity contribution in [3.63, 3.8) is 0 Å². The van der Waals surface area contributed by atoms with E-state index in [1.54, 1.807) is 24.3 Å². The van der Waals surface area contributed by atoms with Crippen molar-refractivity contribution in [1.82, 2.24) is 5.43 Å². The Balaban J connectivity index is 1.74. The lowest BCUT2D eigenvalue weighted by Gasteiger charge is -2.03. The van der Waals surface area contributed by atoms with Gasteiger partial charge in [0.05, 0.1) is 22.3 Å². The summed E-state index contributed by atoms with van der Waals surface area (Å²) in [6.45, 7) is 0. The lowest BCUT2D eigenvalue weighted by atomic mass is 10.1. The average molecular weight is 367 g/mol. The first-order valence-electron chi connectivity index (χ1n) is 7.64. The van der Waals surface area contributed by atoms with Crippen molar-refractivity contribution >= 4 is 17.8 Å². The second-order valence-electron chi connectivity index (χ2n) is 5.38. The molecule has 9 heteroatoms. The van der Waals surface area contributed by atoms with Crippen LogP contribution in [0.5, 0.6) is 11.5 Å². The van der Waals surface area contributed by atoms with Crippen molar-refractivity contribution in [3.05, 3.63) is 76.0 Å². The predicted octanol–water partition coefficient (Wildman–Crippen LogP) is 3.03. The maximum absolute atomic E-state index is 12.0. The summed E-state index contributed by atoms with van der Waals surface area (Å²) in [7, 11) is 0. The number of benzene rings is 2. The van der Waals surface area contributed by atoms with Crippen LogP contribution in [0.1, 0.15) is 16.1 Å². The van der Waals surface area contributed by atoms with Crippen molar-refractivity contribution < 1.29 is 24.3 Å². The molecule has 0 saturated heterocycles. The minimum absolute atomic E-state index is 0.0944. The Hall–Kier alpha value is -4.14. The topological polar surface area (TPSA) is 138 Å². The number of para-hydroxylation sites is 1. The van der Waals surface area contributed by atoms with Gasteiger partial charge in [-0.3, -0.25) is 14.9 Å². The number of carbonyl (C=O) groups excluding carboxylic acids is 1. The number of phenolic OH excluding ortho intramolecular Hbond substituents is 2. The Bertz CT molecular complexity index is 1040. The van der Waals surface area contributed by atoms with E-state index in [1.807, 2.05) is 0 Å². The number of nitro groups is 1. The fourth-order valence-electron chi connectivity index (χ4n) is 2.33. The highest BCUT2D eigenvalue weighted by molar-refractivity contribution is 5.97. The van der Waals surface area contributed by atoms with Crippen LogP contribution < -0.4 is 5.43 Å². The van der Waals surface area contributed by atoms with Crippen LogP contribution in [-0.2, 0) is 0 Å². The third-order valence-corrected chi connectivity index (χ3v) is 3.58. The Kier molecular flexibility index (Phi) is 4.84. The summed E-state index contributed by atoms with van der Waals surface area (Å²) in [5.41, 5.74) is 2.26. The Labute approximate surface area is 152 Å². The van der Waals surface area contributed by atoms with Crippen molar-refractivity contribution in [3.8, 4) is 22.8 Å². The molecule has 2 aromatic carbocycles. The Morgan fingerprint density at radius 2 is 1.93 bits per heavy atom. The second kappa shape index (κ2) is 7.40. The molecule has 0 saturated carbocycles. The van der Waals surface area contributed by atoms with Crippen LogP contribution in [0.25, 0.3) is 11.3 Å². The maximum atomic E-state index is 12.0. The van der Waals surface area contributed by atoms with E-state index in [0.29, 0.717) is 5.56 Å². The van der Waals surface area contributed by atoms with Crippen molar-refractivity contribution in [2.45, 2.75) is 0 Å². The molecular weight excluding hydrogens is 354 g/mol. The number of hydrazone groups is 1. The third-order valence-electron chi connectivity index (χ3n) is 3.58. The first-order valence-corrected chi connectivity index (χ1v) is 7.64. The maximum Gasteiger partial charge on any atom is 0.280 e. The van der Waals surface area contributed by atoms with Crippen LogP contribution in [-0.4, -0.2) is 27.3 Å². The van der Waals surface area contributed by atoms with Crippen molar-refractivity contribution in [2.75, 3.05) is 0 Å². The van der Waals surface area contributed by atoms with E-state index in [2.05, 4.69) is 10.5 Å². The van der Waals surface area contributed by atoms with Crippen LogP contribution in [0, 0.1) is 10.1 Å². The first kappa shape index (κ1) is 17.7. The molecular formula is C18H13N3O6. The number of hydrogen-bond acceptors (Lipinski definition) is 7. The Morgan fingerprint density at radius 3 is 2.70 bits per heavy atom. The minimum Gasteiger partial charge on any atom is -0.508 e. The van der Waals surface area contributed by atoms with Crippen molar-refractivity contribution in [1.29, 1.82) is 0 Å². The fraction of sp³-hybridized carbons (Fsp3) is 0. The SMILES string of the molecule is O=C(NN=Cc1ccc(-c2ccccc2[N+](=O)[O-])o1)c1cc(O)ccc1O. The quantitative estimate of drug-likeness (QED) is 0.274. The summed E-state index contributed by atoms with van der Waals surface area (Å²) >= 11 is 0. The van der Waals surface area contributed by atoms with Gasteiger partial charge in [-0.2, -0.15) is 5.10 Å². The summed E-state index contributed by atoms with van der Waals surface area (Å²) < 4.78 is 5.50. The number of nitro benzene ring substituents is 1. The molecule has 0 atom stereocenters. The van der Waals surface area contributed by atoms with Gasteiger partial charge in [-0.25, -0.2) is 5.43 Å². The van der Waals surface area contributed by atoms with Crippen LogP contribution in [0.15, 0.2) is 64.1 Å². The highest BCUT2D eigenvalue weighted by Crippen LogP contribution is 2.30. The summed E-state index contributed by atoms with van der Waals surface area (Å²) in [5.74, 6) is -0.686. The summed E-state index contributed by atoms with van der Waals surface area (Å²) in [5, 5.41) is 33.8. The first-order chi connectivity index (χ1) is 13.0. The normalized spacial score (nSPS) is 10.8. The smallest absolute Gasteiger partial charge is 0.280 e. The van der Waals surface area contributed by atoms with Gasteiger partial charge in [-0.05, 0) is 36.4 Å². The van der Waals surface area contributed by atoms with Gasteiger partial charge in [-0.15, -0.1) is 0 Å². The molecule has 0 fully saturated rings. The molecule has 0 aliphatic rings. The highest BCUT2D eigenvalue weighted by Gasteiger charge is 2.17. The lowest BCUT2D eigenvalue weighted by molar-refractivity contribution is -0.384. The van der Waals surface area contributed by atoms with Crippen molar-refractivity contribution in [2.24, 2.45) is 5.10 Å². The van der Waals surface area contributed by atoms with Gasteiger partial charge >= 0.3 is 0 Å².